The Kier molecular flexibility index (Phi) is 3.25. The van der Waals surface area contributed by atoms with E-state index in [1.54, 1.807) is 24.3 Å². The molecule has 0 atom stereocenters. The molecule has 1 rings (SSSR count). The zero-order valence-corrected chi connectivity index (χ0v) is 8.67. The summed E-state index contributed by atoms with van der Waals surface area (Å²) in [5, 5.41) is 0. The van der Waals surface area contributed by atoms with Gasteiger partial charge in [0, 0.05) is 22.1 Å². The summed E-state index contributed by atoms with van der Waals surface area (Å²) in [6, 6.07) is 5.24. The van der Waals surface area contributed by atoms with Crippen LogP contribution >= 0.6 is 15.9 Å². The van der Waals surface area contributed by atoms with Gasteiger partial charge in [-0.05, 0) is 18.2 Å². The highest BCUT2D eigenvalue weighted by Gasteiger charge is 2.07. The lowest BCUT2D eigenvalue weighted by atomic mass is 10.1. The fourth-order valence-corrected chi connectivity index (χ4v) is 1.37. The Morgan fingerprint density at radius 2 is 2.31 bits per heavy atom. The van der Waals surface area contributed by atoms with Crippen LogP contribution in [0, 0.1) is 0 Å². The van der Waals surface area contributed by atoms with Gasteiger partial charge in [0.2, 0.25) is 0 Å². The number of hydrogen-bond acceptors (Lipinski definition) is 2. The Morgan fingerprint density at radius 3 is 2.92 bits per heavy atom. The van der Waals surface area contributed by atoms with E-state index in [2.05, 4.69) is 22.5 Å². The van der Waals surface area contributed by atoms with Crippen LogP contribution in [-0.4, -0.2) is 5.78 Å². The molecule has 68 valence electrons. The molecule has 0 unspecified atom stereocenters. The van der Waals surface area contributed by atoms with Gasteiger partial charge in [-0.15, -0.1) is 6.58 Å². The van der Waals surface area contributed by atoms with Gasteiger partial charge in [-0.1, -0.05) is 22.0 Å². The van der Waals surface area contributed by atoms with E-state index in [0.717, 1.165) is 4.47 Å². The van der Waals surface area contributed by atoms with Crippen LogP contribution in [0.5, 0.6) is 0 Å². The minimum Gasteiger partial charge on any atom is -0.398 e. The number of allylic oxidation sites excluding steroid dienone is 1. The molecule has 3 heteroatoms. The predicted octanol–water partition coefficient (Wildman–Crippen LogP) is 2.79. The standard InChI is InChI=1S/C10H10BrNO/c1-2-3-10(13)8-6-7(11)4-5-9(8)12/h2,4-6H,1,3,12H2. The number of ketones is 1. The first-order valence-electron chi connectivity index (χ1n) is 3.84. The number of halogens is 1. The summed E-state index contributed by atoms with van der Waals surface area (Å²) < 4.78 is 0.856. The van der Waals surface area contributed by atoms with E-state index in [1.807, 2.05) is 0 Å². The molecule has 0 heterocycles. The molecular formula is C10H10BrNO. The molecule has 0 aliphatic rings. The smallest absolute Gasteiger partial charge is 0.168 e. The van der Waals surface area contributed by atoms with E-state index in [0.29, 0.717) is 17.7 Å². The van der Waals surface area contributed by atoms with Crippen LogP contribution < -0.4 is 5.73 Å². The molecular weight excluding hydrogens is 230 g/mol. The summed E-state index contributed by atoms with van der Waals surface area (Å²) in [4.78, 5) is 11.4. The van der Waals surface area contributed by atoms with Gasteiger partial charge in [0.1, 0.15) is 0 Å². The van der Waals surface area contributed by atoms with Crippen LogP contribution in [0.15, 0.2) is 35.3 Å². The zero-order chi connectivity index (χ0) is 9.84. The number of nitrogen functional groups attached to an aromatic ring is 1. The van der Waals surface area contributed by atoms with E-state index >= 15 is 0 Å². The third-order valence-corrected chi connectivity index (χ3v) is 2.14. The van der Waals surface area contributed by atoms with Gasteiger partial charge in [-0.25, -0.2) is 0 Å². The van der Waals surface area contributed by atoms with Gasteiger partial charge in [0.25, 0.3) is 0 Å². The van der Waals surface area contributed by atoms with Crippen molar-refractivity contribution in [2.24, 2.45) is 0 Å². The molecule has 1 aromatic carbocycles. The van der Waals surface area contributed by atoms with Gasteiger partial charge in [-0.3, -0.25) is 4.79 Å². The van der Waals surface area contributed by atoms with Crippen LogP contribution in [0.25, 0.3) is 0 Å². The monoisotopic (exact) mass is 239 g/mol. The lowest BCUT2D eigenvalue weighted by molar-refractivity contribution is 0.0996. The highest BCUT2D eigenvalue weighted by Crippen LogP contribution is 2.19. The maximum Gasteiger partial charge on any atom is 0.168 e. The fraction of sp³-hybridized carbons (Fsp3) is 0.100. The van der Waals surface area contributed by atoms with Gasteiger partial charge >= 0.3 is 0 Å². The van der Waals surface area contributed by atoms with E-state index in [9.17, 15) is 4.79 Å². The van der Waals surface area contributed by atoms with Gasteiger partial charge in [-0.2, -0.15) is 0 Å². The van der Waals surface area contributed by atoms with Crippen LogP contribution in [-0.2, 0) is 0 Å². The first kappa shape index (κ1) is 9.99. The fourth-order valence-electron chi connectivity index (χ4n) is 1.01. The molecule has 0 bridgehead atoms. The number of hydrogen-bond donors (Lipinski definition) is 1. The number of carbonyl (C=O) groups is 1. The Labute approximate surface area is 85.6 Å². The highest BCUT2D eigenvalue weighted by atomic mass is 79.9. The maximum atomic E-state index is 11.4. The van der Waals surface area contributed by atoms with Crippen molar-refractivity contribution in [1.29, 1.82) is 0 Å². The molecule has 2 nitrogen and oxygen atoms in total. The Bertz CT molecular complexity index is 347. The lowest BCUT2D eigenvalue weighted by Gasteiger charge is -2.02. The molecule has 0 spiro atoms. The van der Waals surface area contributed by atoms with Crippen molar-refractivity contribution in [3.63, 3.8) is 0 Å². The zero-order valence-electron chi connectivity index (χ0n) is 7.09. The molecule has 0 saturated carbocycles. The summed E-state index contributed by atoms with van der Waals surface area (Å²) >= 11 is 3.28. The number of rotatable bonds is 3. The van der Waals surface area contributed by atoms with E-state index < -0.39 is 0 Å². The van der Waals surface area contributed by atoms with Crippen LogP contribution in [0.1, 0.15) is 16.8 Å². The summed E-state index contributed by atoms with van der Waals surface area (Å²) in [5.74, 6) is -0.00574. The largest absolute Gasteiger partial charge is 0.398 e. The normalized spacial score (nSPS) is 9.62. The van der Waals surface area contributed by atoms with E-state index in [4.69, 9.17) is 5.73 Å². The first-order chi connectivity index (χ1) is 6.15. The van der Waals surface area contributed by atoms with Crippen molar-refractivity contribution in [2.45, 2.75) is 6.42 Å². The summed E-state index contributed by atoms with van der Waals surface area (Å²) in [5.41, 5.74) is 6.70. The van der Waals surface area contributed by atoms with Gasteiger partial charge in [0.05, 0.1) is 0 Å². The van der Waals surface area contributed by atoms with E-state index in [1.165, 1.54) is 0 Å². The summed E-state index contributed by atoms with van der Waals surface area (Å²) in [6.45, 7) is 3.50. The van der Waals surface area contributed by atoms with Crippen LogP contribution in [0.2, 0.25) is 0 Å². The minimum absolute atomic E-state index is 0.00574. The Balaban J connectivity index is 3.05. The third-order valence-electron chi connectivity index (χ3n) is 1.65. The van der Waals surface area contributed by atoms with Crippen molar-refractivity contribution in [3.8, 4) is 0 Å². The van der Waals surface area contributed by atoms with Crippen molar-refractivity contribution >= 4 is 27.4 Å². The highest BCUT2D eigenvalue weighted by molar-refractivity contribution is 9.10. The second kappa shape index (κ2) is 4.23. The second-order valence-corrected chi connectivity index (χ2v) is 3.56. The van der Waals surface area contributed by atoms with E-state index in [-0.39, 0.29) is 5.78 Å². The van der Waals surface area contributed by atoms with Gasteiger partial charge in [0.15, 0.2) is 5.78 Å². The molecule has 1 aromatic rings. The van der Waals surface area contributed by atoms with Crippen LogP contribution in [0.4, 0.5) is 5.69 Å². The maximum absolute atomic E-state index is 11.4. The number of carbonyl (C=O) groups excluding carboxylic acids is 1. The van der Waals surface area contributed by atoms with Crippen LogP contribution in [0.3, 0.4) is 0 Å². The average Bonchev–Trinajstić information content (AvgIpc) is 2.09. The minimum atomic E-state index is -0.00574. The topological polar surface area (TPSA) is 43.1 Å². The summed E-state index contributed by atoms with van der Waals surface area (Å²) in [6.07, 6.45) is 1.89. The quantitative estimate of drug-likeness (QED) is 0.501. The second-order valence-electron chi connectivity index (χ2n) is 2.65. The SMILES string of the molecule is C=CCC(=O)c1cc(Br)ccc1N. The predicted molar refractivity (Wildman–Crippen MR) is 57.7 cm³/mol. The third kappa shape index (κ3) is 2.42. The summed E-state index contributed by atoms with van der Waals surface area (Å²) in [7, 11) is 0. The Morgan fingerprint density at radius 1 is 1.62 bits per heavy atom. The Hall–Kier alpha value is -1.09. The first-order valence-corrected chi connectivity index (χ1v) is 4.63. The molecule has 0 amide bonds. The van der Waals surface area contributed by atoms with Crippen molar-refractivity contribution < 1.29 is 4.79 Å². The lowest BCUT2D eigenvalue weighted by Crippen LogP contribution is -2.02. The molecule has 0 aromatic heterocycles. The average molecular weight is 240 g/mol. The number of anilines is 1. The van der Waals surface area contributed by atoms with Crippen molar-refractivity contribution in [1.82, 2.24) is 0 Å². The molecule has 0 radical (unpaired) electrons. The number of Topliss-reactive ketones (excluding diaryl/α,β-unsaturated/α-hetero) is 1. The molecule has 0 aliphatic carbocycles. The van der Waals surface area contributed by atoms with Crippen molar-refractivity contribution in [3.05, 3.63) is 40.9 Å². The number of benzene rings is 1. The van der Waals surface area contributed by atoms with Gasteiger partial charge < -0.3 is 5.73 Å². The molecule has 0 aliphatic heterocycles. The number of nitrogens with two attached hydrogens (primary N) is 1. The van der Waals surface area contributed by atoms with Crippen molar-refractivity contribution in [2.75, 3.05) is 5.73 Å². The molecule has 2 N–H and O–H groups in total. The molecule has 0 fully saturated rings. The molecule has 13 heavy (non-hydrogen) atoms. The molecule has 0 saturated heterocycles.